The maximum Gasteiger partial charge on any atom is 0.340 e. The molecule has 0 aliphatic rings. The number of nitrogens with zero attached hydrogens (tertiary/aromatic N) is 1. The van der Waals surface area contributed by atoms with Crippen molar-refractivity contribution >= 4 is 40.1 Å². The molecule has 7 heteroatoms. The quantitative estimate of drug-likeness (QED) is 0.702. The predicted molar refractivity (Wildman–Crippen MR) is 93.4 cm³/mol. The molecule has 0 bridgehead atoms. The highest BCUT2D eigenvalue weighted by atomic mass is 35.5. The van der Waals surface area contributed by atoms with Gasteiger partial charge in [0.25, 0.3) is 5.91 Å². The molecule has 1 amide bonds. The Morgan fingerprint density at radius 1 is 1.24 bits per heavy atom. The summed E-state index contributed by atoms with van der Waals surface area (Å²) in [5, 5.41) is 12.6. The Kier molecular flexibility index (Phi) is 4.68. The second-order valence-electron chi connectivity index (χ2n) is 5.17. The lowest BCUT2D eigenvalue weighted by Gasteiger charge is -2.08. The molecule has 25 heavy (non-hydrogen) atoms. The van der Waals surface area contributed by atoms with Crippen molar-refractivity contribution < 1.29 is 14.3 Å². The van der Waals surface area contributed by atoms with E-state index in [2.05, 4.69) is 10.3 Å². The fourth-order valence-corrected chi connectivity index (χ4v) is 2.53. The molecule has 1 heterocycles. The van der Waals surface area contributed by atoms with E-state index in [4.69, 9.17) is 21.6 Å². The van der Waals surface area contributed by atoms with Gasteiger partial charge >= 0.3 is 5.97 Å². The number of carbonyl (C=O) groups is 2. The van der Waals surface area contributed by atoms with Crippen LogP contribution in [-0.4, -0.2) is 23.5 Å². The normalized spacial score (nSPS) is 10.2. The summed E-state index contributed by atoms with van der Waals surface area (Å²) < 4.78 is 5.05. The Morgan fingerprint density at radius 2 is 2.04 bits per heavy atom. The van der Waals surface area contributed by atoms with Gasteiger partial charge in [-0.2, -0.15) is 5.26 Å². The van der Waals surface area contributed by atoms with Gasteiger partial charge in [-0.15, -0.1) is 0 Å². The molecule has 0 fully saturated rings. The number of carbonyl (C=O) groups excluding carboxylic acids is 2. The minimum absolute atomic E-state index is 0.265. The highest BCUT2D eigenvalue weighted by Crippen LogP contribution is 2.21. The van der Waals surface area contributed by atoms with Gasteiger partial charge in [0.05, 0.1) is 16.8 Å². The van der Waals surface area contributed by atoms with E-state index in [1.165, 1.54) is 18.3 Å². The number of fused-ring (bicyclic) bond motifs is 1. The lowest BCUT2D eigenvalue weighted by molar-refractivity contribution is -0.119. The number of amides is 1. The van der Waals surface area contributed by atoms with E-state index in [1.807, 2.05) is 24.3 Å². The molecule has 2 aromatic carbocycles. The van der Waals surface area contributed by atoms with Gasteiger partial charge in [0, 0.05) is 22.1 Å². The van der Waals surface area contributed by atoms with Crippen LogP contribution in [-0.2, 0) is 9.53 Å². The minimum atomic E-state index is -0.612. The second kappa shape index (κ2) is 7.07. The Balaban J connectivity index is 1.66. The van der Waals surface area contributed by atoms with Crippen molar-refractivity contribution in [2.45, 2.75) is 0 Å². The van der Waals surface area contributed by atoms with Crippen LogP contribution in [0, 0.1) is 11.3 Å². The Hall–Kier alpha value is -3.30. The van der Waals surface area contributed by atoms with Crippen molar-refractivity contribution in [1.82, 2.24) is 4.98 Å². The van der Waals surface area contributed by atoms with Gasteiger partial charge in [-0.05, 0) is 24.3 Å². The number of hydrogen-bond acceptors (Lipinski definition) is 4. The van der Waals surface area contributed by atoms with Gasteiger partial charge in [-0.3, -0.25) is 4.79 Å². The molecule has 0 aliphatic heterocycles. The molecule has 2 N–H and O–H groups in total. The second-order valence-corrected chi connectivity index (χ2v) is 5.61. The fraction of sp³-hybridized carbons (Fsp3) is 0.0556. The van der Waals surface area contributed by atoms with Crippen LogP contribution in [0.4, 0.5) is 5.69 Å². The third kappa shape index (κ3) is 3.62. The highest BCUT2D eigenvalue weighted by molar-refractivity contribution is 6.31. The van der Waals surface area contributed by atoms with Crippen molar-refractivity contribution in [2.24, 2.45) is 0 Å². The molecular weight excluding hydrogens is 342 g/mol. The molecule has 0 aliphatic carbocycles. The third-order valence-electron chi connectivity index (χ3n) is 3.52. The number of aromatic amines is 1. The first-order valence-electron chi connectivity index (χ1n) is 7.31. The Bertz CT molecular complexity index is 1000. The summed E-state index contributed by atoms with van der Waals surface area (Å²) in [6, 6.07) is 13.7. The summed E-state index contributed by atoms with van der Waals surface area (Å²) in [5.41, 5.74) is 1.68. The average molecular weight is 354 g/mol. The van der Waals surface area contributed by atoms with Gasteiger partial charge in [-0.25, -0.2) is 4.79 Å². The maximum atomic E-state index is 12.2. The molecule has 0 unspecified atom stereocenters. The smallest absolute Gasteiger partial charge is 0.340 e. The average Bonchev–Trinajstić information content (AvgIpc) is 3.04. The molecule has 0 saturated heterocycles. The fourth-order valence-electron chi connectivity index (χ4n) is 2.35. The van der Waals surface area contributed by atoms with E-state index in [0.29, 0.717) is 10.6 Å². The van der Waals surface area contributed by atoms with Gasteiger partial charge in [-0.1, -0.05) is 29.8 Å². The van der Waals surface area contributed by atoms with E-state index in [9.17, 15) is 9.59 Å². The van der Waals surface area contributed by atoms with Crippen LogP contribution in [0.3, 0.4) is 0 Å². The molecule has 3 aromatic rings. The summed E-state index contributed by atoms with van der Waals surface area (Å²) in [6.07, 6.45) is 1.54. The molecule has 0 saturated carbocycles. The SMILES string of the molecule is N#Cc1ccc(Cl)cc1NC(=O)COC(=O)c1c[nH]c2ccccc12. The number of anilines is 1. The lowest BCUT2D eigenvalue weighted by Crippen LogP contribution is -2.21. The zero-order valence-electron chi connectivity index (χ0n) is 12.9. The number of esters is 1. The van der Waals surface area contributed by atoms with Gasteiger partial charge in [0.1, 0.15) is 6.07 Å². The van der Waals surface area contributed by atoms with E-state index < -0.39 is 18.5 Å². The van der Waals surface area contributed by atoms with E-state index in [1.54, 1.807) is 12.1 Å². The van der Waals surface area contributed by atoms with E-state index in [0.717, 1.165) is 10.9 Å². The zero-order valence-corrected chi connectivity index (χ0v) is 13.6. The number of aromatic nitrogens is 1. The van der Waals surface area contributed by atoms with Crippen molar-refractivity contribution in [3.8, 4) is 6.07 Å². The molecule has 0 atom stereocenters. The van der Waals surface area contributed by atoms with Gasteiger partial charge < -0.3 is 15.0 Å². The predicted octanol–water partition coefficient (Wildman–Crippen LogP) is 3.49. The zero-order chi connectivity index (χ0) is 17.8. The topological polar surface area (TPSA) is 95.0 Å². The first-order valence-corrected chi connectivity index (χ1v) is 7.69. The van der Waals surface area contributed by atoms with E-state index >= 15 is 0 Å². The molecule has 124 valence electrons. The highest BCUT2D eigenvalue weighted by Gasteiger charge is 2.15. The van der Waals surface area contributed by atoms with Crippen molar-refractivity contribution in [3.05, 3.63) is 64.8 Å². The number of para-hydroxylation sites is 1. The van der Waals surface area contributed by atoms with Crippen LogP contribution in [0.25, 0.3) is 10.9 Å². The largest absolute Gasteiger partial charge is 0.452 e. The number of ether oxygens (including phenoxy) is 1. The molecular formula is C18H12ClN3O3. The number of rotatable bonds is 4. The van der Waals surface area contributed by atoms with Crippen molar-refractivity contribution in [2.75, 3.05) is 11.9 Å². The summed E-state index contributed by atoms with van der Waals surface area (Å²) >= 11 is 5.86. The van der Waals surface area contributed by atoms with Crippen LogP contribution < -0.4 is 5.32 Å². The van der Waals surface area contributed by atoms with Crippen LogP contribution in [0.15, 0.2) is 48.7 Å². The minimum Gasteiger partial charge on any atom is -0.452 e. The summed E-state index contributed by atoms with van der Waals surface area (Å²) in [7, 11) is 0. The third-order valence-corrected chi connectivity index (χ3v) is 3.75. The summed E-state index contributed by atoms with van der Waals surface area (Å²) in [6.45, 7) is -0.476. The molecule has 6 nitrogen and oxygen atoms in total. The number of halogens is 1. The van der Waals surface area contributed by atoms with E-state index in [-0.39, 0.29) is 11.3 Å². The van der Waals surface area contributed by atoms with Crippen molar-refractivity contribution in [1.29, 1.82) is 5.26 Å². The molecule has 0 spiro atoms. The molecule has 0 radical (unpaired) electrons. The molecule has 1 aromatic heterocycles. The van der Waals surface area contributed by atoms with Crippen LogP contribution in [0.5, 0.6) is 0 Å². The number of nitrogens with one attached hydrogen (secondary N) is 2. The van der Waals surface area contributed by atoms with Crippen LogP contribution in [0.1, 0.15) is 15.9 Å². The summed E-state index contributed by atoms with van der Waals surface area (Å²) in [5.74, 6) is -1.17. The van der Waals surface area contributed by atoms with Crippen LogP contribution >= 0.6 is 11.6 Å². The number of hydrogen-bond donors (Lipinski definition) is 2. The first-order chi connectivity index (χ1) is 12.1. The lowest BCUT2D eigenvalue weighted by atomic mass is 10.2. The van der Waals surface area contributed by atoms with Gasteiger partial charge in [0.2, 0.25) is 0 Å². The Morgan fingerprint density at radius 3 is 2.84 bits per heavy atom. The van der Waals surface area contributed by atoms with Crippen LogP contribution in [0.2, 0.25) is 5.02 Å². The molecule has 3 rings (SSSR count). The standard InChI is InChI=1S/C18H12ClN3O3/c19-12-6-5-11(8-20)16(7-12)22-17(23)10-25-18(24)14-9-21-15-4-2-1-3-13(14)15/h1-7,9,21H,10H2,(H,22,23). The Labute approximate surface area is 148 Å². The monoisotopic (exact) mass is 353 g/mol. The van der Waals surface area contributed by atoms with Gasteiger partial charge in [0.15, 0.2) is 6.61 Å². The number of benzene rings is 2. The number of nitriles is 1. The number of H-pyrrole nitrogens is 1. The maximum absolute atomic E-state index is 12.2. The first kappa shape index (κ1) is 16.6. The van der Waals surface area contributed by atoms with Crippen molar-refractivity contribution in [3.63, 3.8) is 0 Å². The summed E-state index contributed by atoms with van der Waals surface area (Å²) in [4.78, 5) is 27.1.